The van der Waals surface area contributed by atoms with Gasteiger partial charge in [0.1, 0.15) is 0 Å². The van der Waals surface area contributed by atoms with E-state index < -0.39 is 0 Å². The molecule has 3 N–H and O–H groups in total. The van der Waals surface area contributed by atoms with E-state index in [9.17, 15) is 0 Å². The Kier molecular flexibility index (Phi) is 4.48. The highest BCUT2D eigenvalue weighted by Gasteiger charge is 2.17. The van der Waals surface area contributed by atoms with E-state index in [1.165, 1.54) is 44.2 Å². The van der Waals surface area contributed by atoms with Gasteiger partial charge in [-0.05, 0) is 62.4 Å². The SMILES string of the molecule is Cc1ccc(C)c2c(CCCCN)c(-c3cccc4cccnc34)[nH]c12. The minimum atomic E-state index is 0.742. The molecule has 0 atom stereocenters. The van der Waals surface area contributed by atoms with Gasteiger partial charge in [-0.15, -0.1) is 0 Å². The monoisotopic (exact) mass is 343 g/mol. The molecule has 0 aliphatic heterocycles. The van der Waals surface area contributed by atoms with Gasteiger partial charge < -0.3 is 10.7 Å². The van der Waals surface area contributed by atoms with Crippen LogP contribution < -0.4 is 5.73 Å². The van der Waals surface area contributed by atoms with Crippen molar-refractivity contribution < 1.29 is 0 Å². The second-order valence-electron chi connectivity index (χ2n) is 7.05. The van der Waals surface area contributed by atoms with E-state index in [0.717, 1.165) is 31.3 Å². The van der Waals surface area contributed by atoms with Crippen LogP contribution in [0.5, 0.6) is 0 Å². The van der Waals surface area contributed by atoms with Crippen molar-refractivity contribution in [3.8, 4) is 11.3 Å². The van der Waals surface area contributed by atoms with Crippen molar-refractivity contribution in [1.29, 1.82) is 0 Å². The molecule has 2 heterocycles. The van der Waals surface area contributed by atoms with Gasteiger partial charge in [0.2, 0.25) is 0 Å². The summed E-state index contributed by atoms with van der Waals surface area (Å²) in [6.07, 6.45) is 5.05. The smallest absolute Gasteiger partial charge is 0.0795 e. The fourth-order valence-corrected chi connectivity index (χ4v) is 3.92. The largest absolute Gasteiger partial charge is 0.354 e. The fraction of sp³-hybridized carbons (Fsp3) is 0.261. The summed E-state index contributed by atoms with van der Waals surface area (Å²) in [7, 11) is 0. The molecular weight excluding hydrogens is 318 g/mol. The molecule has 132 valence electrons. The topological polar surface area (TPSA) is 54.7 Å². The van der Waals surface area contributed by atoms with Gasteiger partial charge in [0, 0.05) is 28.0 Å². The highest BCUT2D eigenvalue weighted by Crippen LogP contribution is 2.37. The van der Waals surface area contributed by atoms with Crippen LogP contribution in [0.4, 0.5) is 0 Å². The van der Waals surface area contributed by atoms with Crippen LogP contribution in [0.1, 0.15) is 29.5 Å². The van der Waals surface area contributed by atoms with E-state index in [1.54, 1.807) is 0 Å². The van der Waals surface area contributed by atoms with E-state index >= 15 is 0 Å². The van der Waals surface area contributed by atoms with Gasteiger partial charge in [-0.25, -0.2) is 0 Å². The third-order valence-corrected chi connectivity index (χ3v) is 5.26. The molecule has 26 heavy (non-hydrogen) atoms. The second kappa shape index (κ2) is 6.93. The summed E-state index contributed by atoms with van der Waals surface area (Å²) >= 11 is 0. The number of para-hydroxylation sites is 1. The Morgan fingerprint density at radius 2 is 1.77 bits per heavy atom. The highest BCUT2D eigenvalue weighted by molar-refractivity contribution is 6.00. The number of nitrogens with one attached hydrogen (secondary N) is 1. The third kappa shape index (κ3) is 2.78. The molecule has 2 aromatic heterocycles. The first kappa shape index (κ1) is 16.8. The maximum atomic E-state index is 5.74. The van der Waals surface area contributed by atoms with Crippen LogP contribution in [-0.4, -0.2) is 16.5 Å². The van der Waals surface area contributed by atoms with Crippen LogP contribution in [0.3, 0.4) is 0 Å². The number of nitrogens with two attached hydrogens (primary N) is 1. The molecule has 3 nitrogen and oxygen atoms in total. The highest BCUT2D eigenvalue weighted by atomic mass is 14.7. The van der Waals surface area contributed by atoms with E-state index in [2.05, 4.69) is 60.2 Å². The molecule has 0 saturated carbocycles. The van der Waals surface area contributed by atoms with Crippen LogP contribution >= 0.6 is 0 Å². The van der Waals surface area contributed by atoms with Crippen LogP contribution in [0, 0.1) is 13.8 Å². The van der Waals surface area contributed by atoms with Crippen molar-refractivity contribution in [2.75, 3.05) is 6.54 Å². The predicted octanol–water partition coefficient (Wildman–Crippen LogP) is 5.28. The maximum Gasteiger partial charge on any atom is 0.0795 e. The number of hydrogen-bond acceptors (Lipinski definition) is 2. The van der Waals surface area contributed by atoms with Gasteiger partial charge in [-0.3, -0.25) is 4.98 Å². The maximum absolute atomic E-state index is 5.74. The number of nitrogens with zero attached hydrogens (tertiary/aromatic N) is 1. The summed E-state index contributed by atoms with van der Waals surface area (Å²) in [5, 5.41) is 2.54. The van der Waals surface area contributed by atoms with E-state index in [1.807, 2.05) is 12.3 Å². The van der Waals surface area contributed by atoms with E-state index in [0.29, 0.717) is 0 Å². The first-order valence-electron chi connectivity index (χ1n) is 9.35. The van der Waals surface area contributed by atoms with Crippen molar-refractivity contribution in [1.82, 2.24) is 9.97 Å². The third-order valence-electron chi connectivity index (χ3n) is 5.26. The predicted molar refractivity (Wildman–Crippen MR) is 111 cm³/mol. The van der Waals surface area contributed by atoms with Gasteiger partial charge in [0.25, 0.3) is 0 Å². The summed E-state index contributed by atoms with van der Waals surface area (Å²) < 4.78 is 0. The van der Waals surface area contributed by atoms with Crippen LogP contribution in [-0.2, 0) is 6.42 Å². The molecule has 0 bridgehead atoms. The Labute approximate surface area is 154 Å². The molecule has 0 aliphatic carbocycles. The number of rotatable bonds is 5. The summed E-state index contributed by atoms with van der Waals surface area (Å²) in [5.74, 6) is 0. The molecule has 0 fully saturated rings. The van der Waals surface area contributed by atoms with Crippen molar-refractivity contribution >= 4 is 21.8 Å². The molecule has 3 heteroatoms. The average Bonchev–Trinajstić information content (AvgIpc) is 3.05. The molecular formula is C23H25N3. The lowest BCUT2D eigenvalue weighted by molar-refractivity contribution is 0.748. The van der Waals surface area contributed by atoms with Crippen molar-refractivity contribution in [3.63, 3.8) is 0 Å². The standard InChI is InChI=1S/C23H25N3/c1-15-11-12-16(2)21-20(15)18(9-3-4-13-24)23(26-21)19-10-5-7-17-8-6-14-25-22(17)19/h5-8,10-12,14,26H,3-4,9,13,24H2,1-2H3. The first-order chi connectivity index (χ1) is 12.7. The van der Waals surface area contributed by atoms with E-state index in [-0.39, 0.29) is 0 Å². The molecule has 0 unspecified atom stereocenters. The Morgan fingerprint density at radius 3 is 2.62 bits per heavy atom. The Morgan fingerprint density at radius 1 is 0.962 bits per heavy atom. The van der Waals surface area contributed by atoms with Crippen molar-refractivity contribution in [3.05, 3.63) is 65.4 Å². The lowest BCUT2D eigenvalue weighted by atomic mass is 9.96. The van der Waals surface area contributed by atoms with Crippen molar-refractivity contribution in [2.45, 2.75) is 33.1 Å². The number of aryl methyl sites for hydroxylation is 3. The Hall–Kier alpha value is -2.65. The molecule has 0 amide bonds. The number of aromatic amines is 1. The van der Waals surface area contributed by atoms with Gasteiger partial charge in [-0.2, -0.15) is 0 Å². The molecule has 0 saturated heterocycles. The molecule has 4 aromatic rings. The van der Waals surface area contributed by atoms with Crippen LogP contribution in [0.2, 0.25) is 0 Å². The van der Waals surface area contributed by atoms with E-state index in [4.69, 9.17) is 5.73 Å². The Bertz CT molecular complexity index is 1070. The molecule has 4 rings (SSSR count). The lowest BCUT2D eigenvalue weighted by Crippen LogP contribution is -1.99. The average molecular weight is 343 g/mol. The Balaban J connectivity index is 2.00. The number of unbranched alkanes of at least 4 members (excludes halogenated alkanes) is 1. The number of benzene rings is 2. The van der Waals surface area contributed by atoms with Crippen molar-refractivity contribution in [2.24, 2.45) is 5.73 Å². The number of aromatic nitrogens is 2. The zero-order valence-electron chi connectivity index (χ0n) is 15.5. The molecule has 0 radical (unpaired) electrons. The molecule has 0 spiro atoms. The number of pyridine rings is 1. The summed E-state index contributed by atoms with van der Waals surface area (Å²) in [6.45, 7) is 5.12. The number of H-pyrrole nitrogens is 1. The van der Waals surface area contributed by atoms with Gasteiger partial charge >= 0.3 is 0 Å². The normalized spacial score (nSPS) is 11.5. The summed E-state index contributed by atoms with van der Waals surface area (Å²) in [6, 6.07) is 15.0. The summed E-state index contributed by atoms with van der Waals surface area (Å²) in [5.41, 5.74) is 14.4. The molecule has 0 aliphatic rings. The lowest BCUT2D eigenvalue weighted by Gasteiger charge is -2.09. The van der Waals surface area contributed by atoms with Crippen LogP contribution in [0.25, 0.3) is 33.1 Å². The zero-order chi connectivity index (χ0) is 18.1. The number of fused-ring (bicyclic) bond motifs is 2. The quantitative estimate of drug-likeness (QED) is 0.484. The minimum absolute atomic E-state index is 0.742. The van der Waals surface area contributed by atoms with Crippen LogP contribution in [0.15, 0.2) is 48.7 Å². The number of hydrogen-bond donors (Lipinski definition) is 2. The van der Waals surface area contributed by atoms with Gasteiger partial charge in [0.15, 0.2) is 0 Å². The second-order valence-corrected chi connectivity index (χ2v) is 7.05. The minimum Gasteiger partial charge on any atom is -0.354 e. The zero-order valence-corrected chi connectivity index (χ0v) is 15.5. The molecule has 2 aromatic carbocycles. The summed E-state index contributed by atoms with van der Waals surface area (Å²) in [4.78, 5) is 8.41. The fourth-order valence-electron chi connectivity index (χ4n) is 3.92. The van der Waals surface area contributed by atoms with Gasteiger partial charge in [0.05, 0.1) is 11.2 Å². The van der Waals surface area contributed by atoms with Gasteiger partial charge in [-0.1, -0.05) is 36.4 Å². The first-order valence-corrected chi connectivity index (χ1v) is 9.35.